The highest BCUT2D eigenvalue weighted by Crippen LogP contribution is 2.08. The summed E-state index contributed by atoms with van der Waals surface area (Å²) in [7, 11) is 1.68. The van der Waals surface area contributed by atoms with Crippen molar-refractivity contribution in [1.29, 1.82) is 0 Å². The van der Waals surface area contributed by atoms with Gasteiger partial charge in [0.1, 0.15) is 0 Å². The summed E-state index contributed by atoms with van der Waals surface area (Å²) in [5.74, 6) is -0.0926. The Morgan fingerprint density at radius 2 is 1.68 bits per heavy atom. The third-order valence-corrected chi connectivity index (χ3v) is 4.14. The van der Waals surface area contributed by atoms with Crippen molar-refractivity contribution in [2.24, 2.45) is 0 Å². The fraction of sp³-hybridized carbons (Fsp3) is 0.529. The number of amides is 2. The number of carbonyl (C=O) groups is 2. The van der Waals surface area contributed by atoms with Crippen LogP contribution >= 0.6 is 0 Å². The van der Waals surface area contributed by atoms with Gasteiger partial charge in [-0.05, 0) is 26.0 Å². The lowest BCUT2D eigenvalue weighted by Gasteiger charge is -2.37. The molecule has 0 saturated carbocycles. The number of nitrogens with zero attached hydrogens (tertiary/aromatic N) is 3. The van der Waals surface area contributed by atoms with Gasteiger partial charge < -0.3 is 9.80 Å². The van der Waals surface area contributed by atoms with E-state index >= 15 is 0 Å². The molecule has 0 atom stereocenters. The Morgan fingerprint density at radius 3 is 2.23 bits per heavy atom. The van der Waals surface area contributed by atoms with Gasteiger partial charge in [0.25, 0.3) is 5.91 Å². The molecule has 22 heavy (non-hydrogen) atoms. The number of hydrogen-bond acceptors (Lipinski definition) is 3. The molecule has 0 aromatic heterocycles. The van der Waals surface area contributed by atoms with Gasteiger partial charge in [0.2, 0.25) is 5.91 Å². The average Bonchev–Trinajstić information content (AvgIpc) is 2.54. The van der Waals surface area contributed by atoms with Crippen molar-refractivity contribution in [3.8, 4) is 0 Å². The Bertz CT molecular complexity index is 508. The molecule has 5 heteroatoms. The zero-order valence-electron chi connectivity index (χ0n) is 13.7. The molecular formula is C17H25N3O2. The van der Waals surface area contributed by atoms with Crippen molar-refractivity contribution in [2.45, 2.75) is 19.9 Å². The van der Waals surface area contributed by atoms with Crippen LogP contribution in [0.2, 0.25) is 0 Å². The summed E-state index contributed by atoms with van der Waals surface area (Å²) in [6.07, 6.45) is 0. The van der Waals surface area contributed by atoms with E-state index < -0.39 is 0 Å². The predicted molar refractivity (Wildman–Crippen MR) is 86.7 cm³/mol. The number of hydrogen-bond donors (Lipinski definition) is 0. The largest absolute Gasteiger partial charge is 0.339 e. The molecule has 120 valence electrons. The molecule has 0 unspecified atom stereocenters. The second kappa shape index (κ2) is 7.40. The number of piperazine rings is 1. The molecule has 2 amide bonds. The summed E-state index contributed by atoms with van der Waals surface area (Å²) in [6.45, 7) is 7.76. The topological polar surface area (TPSA) is 43.9 Å². The van der Waals surface area contributed by atoms with Crippen LogP contribution in [0.5, 0.6) is 0 Å². The van der Waals surface area contributed by atoms with Crippen LogP contribution < -0.4 is 0 Å². The van der Waals surface area contributed by atoms with Gasteiger partial charge in [0.05, 0.1) is 6.54 Å². The van der Waals surface area contributed by atoms with Gasteiger partial charge >= 0.3 is 0 Å². The molecule has 1 saturated heterocycles. The smallest absolute Gasteiger partial charge is 0.254 e. The summed E-state index contributed by atoms with van der Waals surface area (Å²) in [4.78, 5) is 30.3. The molecule has 1 aromatic rings. The predicted octanol–water partition coefficient (Wildman–Crippen LogP) is 1.31. The first kappa shape index (κ1) is 16.5. The van der Waals surface area contributed by atoms with Crippen LogP contribution in [-0.4, -0.2) is 72.3 Å². The molecule has 1 aromatic carbocycles. The molecule has 2 rings (SSSR count). The zero-order valence-corrected chi connectivity index (χ0v) is 13.7. The van der Waals surface area contributed by atoms with Crippen LogP contribution in [0, 0.1) is 0 Å². The van der Waals surface area contributed by atoms with Crippen molar-refractivity contribution in [3.05, 3.63) is 35.9 Å². The van der Waals surface area contributed by atoms with Gasteiger partial charge in [0, 0.05) is 44.8 Å². The van der Waals surface area contributed by atoms with Crippen LogP contribution in [0.25, 0.3) is 0 Å². The van der Waals surface area contributed by atoms with Gasteiger partial charge in [-0.25, -0.2) is 0 Å². The molecule has 0 N–H and O–H groups in total. The fourth-order valence-electron chi connectivity index (χ4n) is 2.66. The standard InChI is InChI=1S/C17H25N3O2/c1-14(2)19-9-11-20(12-10-19)16(21)13-18(3)17(22)15-7-5-4-6-8-15/h4-8,14H,9-13H2,1-3H3. The Kier molecular flexibility index (Phi) is 5.55. The molecule has 0 spiro atoms. The van der Waals surface area contributed by atoms with Gasteiger partial charge in [-0.3, -0.25) is 14.5 Å². The van der Waals surface area contributed by atoms with Crippen molar-refractivity contribution in [2.75, 3.05) is 39.8 Å². The Hall–Kier alpha value is -1.88. The second-order valence-corrected chi connectivity index (χ2v) is 6.04. The molecule has 1 fully saturated rings. The van der Waals surface area contributed by atoms with Gasteiger partial charge in [-0.1, -0.05) is 18.2 Å². The fourth-order valence-corrected chi connectivity index (χ4v) is 2.66. The SMILES string of the molecule is CC(C)N1CCN(C(=O)CN(C)C(=O)c2ccccc2)CC1. The molecule has 1 aliphatic heterocycles. The van der Waals surface area contributed by atoms with E-state index in [9.17, 15) is 9.59 Å². The third kappa shape index (κ3) is 4.07. The quantitative estimate of drug-likeness (QED) is 0.842. The Labute approximate surface area is 132 Å². The van der Waals surface area contributed by atoms with Crippen LogP contribution in [0.15, 0.2) is 30.3 Å². The molecule has 1 heterocycles. The summed E-state index contributed by atoms with van der Waals surface area (Å²) in [5.41, 5.74) is 0.613. The highest BCUT2D eigenvalue weighted by Gasteiger charge is 2.24. The lowest BCUT2D eigenvalue weighted by molar-refractivity contribution is -0.133. The minimum Gasteiger partial charge on any atom is -0.339 e. The maximum absolute atomic E-state index is 12.3. The van der Waals surface area contributed by atoms with E-state index in [0.717, 1.165) is 26.2 Å². The van der Waals surface area contributed by atoms with E-state index in [-0.39, 0.29) is 18.4 Å². The zero-order chi connectivity index (χ0) is 16.1. The van der Waals surface area contributed by atoms with E-state index in [1.807, 2.05) is 23.1 Å². The number of carbonyl (C=O) groups excluding carboxylic acids is 2. The minimum atomic E-state index is -0.116. The van der Waals surface area contributed by atoms with E-state index in [1.165, 1.54) is 4.90 Å². The maximum atomic E-state index is 12.3. The van der Waals surface area contributed by atoms with Crippen LogP contribution in [0.1, 0.15) is 24.2 Å². The summed E-state index contributed by atoms with van der Waals surface area (Å²) >= 11 is 0. The summed E-state index contributed by atoms with van der Waals surface area (Å²) < 4.78 is 0. The molecule has 0 aliphatic carbocycles. The maximum Gasteiger partial charge on any atom is 0.254 e. The van der Waals surface area contributed by atoms with E-state index in [0.29, 0.717) is 11.6 Å². The third-order valence-electron chi connectivity index (χ3n) is 4.14. The van der Waals surface area contributed by atoms with E-state index in [2.05, 4.69) is 18.7 Å². The molecular weight excluding hydrogens is 278 g/mol. The lowest BCUT2D eigenvalue weighted by Crippen LogP contribution is -2.52. The van der Waals surface area contributed by atoms with Gasteiger partial charge in [-0.2, -0.15) is 0 Å². The van der Waals surface area contributed by atoms with Crippen molar-refractivity contribution in [3.63, 3.8) is 0 Å². The highest BCUT2D eigenvalue weighted by molar-refractivity contribution is 5.96. The number of likely N-dealkylation sites (N-methyl/N-ethyl adjacent to an activating group) is 1. The Morgan fingerprint density at radius 1 is 1.09 bits per heavy atom. The van der Waals surface area contributed by atoms with E-state index in [1.54, 1.807) is 19.2 Å². The normalized spacial score (nSPS) is 15.9. The van der Waals surface area contributed by atoms with Crippen molar-refractivity contribution in [1.82, 2.24) is 14.7 Å². The highest BCUT2D eigenvalue weighted by atomic mass is 16.2. The molecule has 5 nitrogen and oxygen atoms in total. The first-order valence-electron chi connectivity index (χ1n) is 7.81. The minimum absolute atomic E-state index is 0.0233. The molecule has 0 bridgehead atoms. The molecule has 0 radical (unpaired) electrons. The summed E-state index contributed by atoms with van der Waals surface area (Å²) in [5, 5.41) is 0. The number of rotatable bonds is 4. The van der Waals surface area contributed by atoms with Crippen molar-refractivity contribution >= 4 is 11.8 Å². The second-order valence-electron chi connectivity index (χ2n) is 6.04. The first-order valence-corrected chi connectivity index (χ1v) is 7.81. The van der Waals surface area contributed by atoms with Crippen molar-refractivity contribution < 1.29 is 9.59 Å². The van der Waals surface area contributed by atoms with Gasteiger partial charge in [-0.15, -0.1) is 0 Å². The van der Waals surface area contributed by atoms with Crippen LogP contribution in [-0.2, 0) is 4.79 Å². The summed E-state index contributed by atoms with van der Waals surface area (Å²) in [6, 6.07) is 9.58. The molecule has 1 aliphatic rings. The first-order chi connectivity index (χ1) is 10.5. The van der Waals surface area contributed by atoms with Crippen LogP contribution in [0.3, 0.4) is 0 Å². The van der Waals surface area contributed by atoms with Crippen LogP contribution in [0.4, 0.5) is 0 Å². The number of benzene rings is 1. The average molecular weight is 303 g/mol. The Balaban J connectivity index is 1.86. The van der Waals surface area contributed by atoms with E-state index in [4.69, 9.17) is 0 Å². The van der Waals surface area contributed by atoms with Gasteiger partial charge in [0.15, 0.2) is 0 Å². The lowest BCUT2D eigenvalue weighted by atomic mass is 10.2. The monoisotopic (exact) mass is 303 g/mol.